The van der Waals surface area contributed by atoms with Gasteiger partial charge in [0.1, 0.15) is 0 Å². The second-order valence-electron chi connectivity index (χ2n) is 7.31. The van der Waals surface area contributed by atoms with Gasteiger partial charge in [-0.15, -0.1) is 11.8 Å². The van der Waals surface area contributed by atoms with Gasteiger partial charge in [-0.3, -0.25) is 14.9 Å². The summed E-state index contributed by atoms with van der Waals surface area (Å²) in [6.07, 6.45) is 0.934. The fraction of sp³-hybridized carbons (Fsp3) is 0.556. The molecule has 6 heteroatoms. The van der Waals surface area contributed by atoms with Crippen molar-refractivity contribution in [2.24, 2.45) is 11.1 Å². The Labute approximate surface area is 148 Å². The van der Waals surface area contributed by atoms with Gasteiger partial charge in [-0.1, -0.05) is 39.8 Å². The van der Waals surface area contributed by atoms with Crippen molar-refractivity contribution in [2.45, 2.75) is 50.3 Å². The molecule has 2 amide bonds. The molecule has 1 aromatic carbocycles. The van der Waals surface area contributed by atoms with Crippen LogP contribution in [0.3, 0.4) is 0 Å². The first kappa shape index (κ1) is 18.8. The first-order valence-corrected chi connectivity index (χ1v) is 9.17. The van der Waals surface area contributed by atoms with E-state index in [-0.39, 0.29) is 17.9 Å². The molecule has 0 aromatic heterocycles. The summed E-state index contributed by atoms with van der Waals surface area (Å²) < 4.78 is 0. The van der Waals surface area contributed by atoms with Gasteiger partial charge in [0, 0.05) is 16.7 Å². The van der Waals surface area contributed by atoms with Crippen molar-refractivity contribution in [2.75, 3.05) is 18.0 Å². The third-order valence-electron chi connectivity index (χ3n) is 4.15. The molecule has 0 radical (unpaired) electrons. The molecule has 1 heterocycles. The van der Waals surface area contributed by atoms with Crippen LogP contribution in [0.1, 0.15) is 34.1 Å². The SMILES string of the molecule is C[C@@H]1CCN(C(=O)CN[C@H](C(N)=O)C(C)(C)C)c2ccccc2S1. The van der Waals surface area contributed by atoms with E-state index in [1.807, 2.05) is 43.9 Å². The zero-order valence-electron chi connectivity index (χ0n) is 14.8. The minimum Gasteiger partial charge on any atom is -0.368 e. The first-order valence-electron chi connectivity index (χ1n) is 8.29. The largest absolute Gasteiger partial charge is 0.368 e. The number of para-hydroxylation sites is 1. The number of carbonyl (C=O) groups is 2. The molecule has 1 aliphatic rings. The van der Waals surface area contributed by atoms with Crippen molar-refractivity contribution in [3.63, 3.8) is 0 Å². The maximum atomic E-state index is 12.8. The van der Waals surface area contributed by atoms with Gasteiger partial charge < -0.3 is 10.6 Å². The van der Waals surface area contributed by atoms with Crippen LogP contribution in [0.25, 0.3) is 0 Å². The molecule has 0 saturated carbocycles. The second kappa shape index (κ2) is 7.57. The lowest BCUT2D eigenvalue weighted by atomic mass is 9.86. The van der Waals surface area contributed by atoms with Gasteiger partial charge in [-0.05, 0) is 24.0 Å². The van der Waals surface area contributed by atoms with E-state index in [0.29, 0.717) is 11.8 Å². The number of rotatable bonds is 4. The average Bonchev–Trinajstić information content (AvgIpc) is 2.63. The smallest absolute Gasteiger partial charge is 0.240 e. The number of fused-ring (bicyclic) bond motifs is 1. The van der Waals surface area contributed by atoms with Crippen molar-refractivity contribution < 1.29 is 9.59 Å². The highest BCUT2D eigenvalue weighted by Gasteiger charge is 2.31. The van der Waals surface area contributed by atoms with Crippen LogP contribution in [-0.2, 0) is 9.59 Å². The molecule has 0 aliphatic carbocycles. The highest BCUT2D eigenvalue weighted by atomic mass is 32.2. The molecular formula is C18H27N3O2S. The quantitative estimate of drug-likeness (QED) is 0.875. The zero-order valence-corrected chi connectivity index (χ0v) is 15.7. The Balaban J connectivity index is 2.13. The van der Waals surface area contributed by atoms with Gasteiger partial charge >= 0.3 is 0 Å². The van der Waals surface area contributed by atoms with E-state index >= 15 is 0 Å². The molecule has 3 N–H and O–H groups in total. The van der Waals surface area contributed by atoms with E-state index in [2.05, 4.69) is 18.3 Å². The minimum atomic E-state index is -0.544. The highest BCUT2D eigenvalue weighted by molar-refractivity contribution is 8.00. The third kappa shape index (κ3) is 4.51. The average molecular weight is 350 g/mol. The number of primary amides is 1. The van der Waals surface area contributed by atoms with Gasteiger partial charge in [0.15, 0.2) is 0 Å². The number of benzene rings is 1. The second-order valence-corrected chi connectivity index (χ2v) is 8.79. The van der Waals surface area contributed by atoms with Crippen molar-refractivity contribution >= 4 is 29.3 Å². The van der Waals surface area contributed by atoms with Crippen molar-refractivity contribution in [3.05, 3.63) is 24.3 Å². The van der Waals surface area contributed by atoms with Crippen LogP contribution in [0.4, 0.5) is 5.69 Å². The first-order chi connectivity index (χ1) is 11.2. The Hall–Kier alpha value is -1.53. The molecule has 1 aromatic rings. The van der Waals surface area contributed by atoms with Gasteiger partial charge in [0.05, 0.1) is 18.3 Å². The van der Waals surface area contributed by atoms with E-state index in [4.69, 9.17) is 5.73 Å². The van der Waals surface area contributed by atoms with Gasteiger partial charge in [0.2, 0.25) is 11.8 Å². The Bertz CT molecular complexity index is 613. The number of hydrogen-bond acceptors (Lipinski definition) is 4. The van der Waals surface area contributed by atoms with Crippen molar-refractivity contribution in [3.8, 4) is 0 Å². The maximum absolute atomic E-state index is 12.8. The van der Waals surface area contributed by atoms with Crippen molar-refractivity contribution in [1.82, 2.24) is 5.32 Å². The van der Waals surface area contributed by atoms with Crippen LogP contribution < -0.4 is 16.0 Å². The predicted octanol–water partition coefficient (Wildman–Crippen LogP) is 2.39. The zero-order chi connectivity index (χ0) is 17.9. The Morgan fingerprint density at radius 1 is 1.38 bits per heavy atom. The lowest BCUT2D eigenvalue weighted by molar-refractivity contribution is -0.123. The molecule has 0 saturated heterocycles. The Morgan fingerprint density at radius 2 is 2.04 bits per heavy atom. The van der Waals surface area contributed by atoms with Crippen LogP contribution in [0, 0.1) is 5.41 Å². The van der Waals surface area contributed by atoms with Crippen molar-refractivity contribution in [1.29, 1.82) is 0 Å². The van der Waals surface area contributed by atoms with Crippen LogP contribution in [-0.4, -0.2) is 36.2 Å². The number of nitrogens with two attached hydrogens (primary N) is 1. The van der Waals surface area contributed by atoms with Gasteiger partial charge in [-0.2, -0.15) is 0 Å². The number of carbonyl (C=O) groups excluding carboxylic acids is 2. The summed E-state index contributed by atoms with van der Waals surface area (Å²) in [4.78, 5) is 27.4. The van der Waals surface area contributed by atoms with E-state index in [1.54, 1.807) is 11.8 Å². The fourth-order valence-electron chi connectivity index (χ4n) is 2.86. The molecule has 0 fully saturated rings. The molecule has 2 rings (SSSR count). The normalized spacial score (nSPS) is 19.3. The Morgan fingerprint density at radius 3 is 2.67 bits per heavy atom. The lowest BCUT2D eigenvalue weighted by Gasteiger charge is -2.30. The molecule has 0 unspecified atom stereocenters. The van der Waals surface area contributed by atoms with E-state index in [9.17, 15) is 9.59 Å². The lowest BCUT2D eigenvalue weighted by Crippen LogP contribution is -2.53. The topological polar surface area (TPSA) is 75.4 Å². The molecule has 2 atom stereocenters. The monoisotopic (exact) mass is 349 g/mol. The predicted molar refractivity (Wildman–Crippen MR) is 99.2 cm³/mol. The van der Waals surface area contributed by atoms with Crippen LogP contribution in [0.2, 0.25) is 0 Å². The number of nitrogens with zero attached hydrogens (tertiary/aromatic N) is 1. The van der Waals surface area contributed by atoms with Crippen LogP contribution in [0.15, 0.2) is 29.2 Å². The number of anilines is 1. The minimum absolute atomic E-state index is 0.0346. The summed E-state index contributed by atoms with van der Waals surface area (Å²) in [5.74, 6) is -0.469. The maximum Gasteiger partial charge on any atom is 0.240 e. The molecule has 132 valence electrons. The molecule has 24 heavy (non-hydrogen) atoms. The summed E-state index contributed by atoms with van der Waals surface area (Å²) >= 11 is 1.80. The fourth-order valence-corrected chi connectivity index (χ4v) is 3.98. The third-order valence-corrected chi connectivity index (χ3v) is 5.39. The molecule has 5 nitrogen and oxygen atoms in total. The summed E-state index contributed by atoms with van der Waals surface area (Å²) in [6.45, 7) is 8.75. The number of hydrogen-bond donors (Lipinski definition) is 2. The summed E-state index contributed by atoms with van der Waals surface area (Å²) in [7, 11) is 0. The number of nitrogens with one attached hydrogen (secondary N) is 1. The molecule has 1 aliphatic heterocycles. The van der Waals surface area contributed by atoms with E-state index < -0.39 is 11.9 Å². The standard InChI is InChI=1S/C18H27N3O2S/c1-12-9-10-21(13-7-5-6-8-14(13)24-12)15(22)11-20-16(17(19)23)18(2,3)4/h5-8,12,16,20H,9-11H2,1-4H3,(H2,19,23)/t12-,16-/m1/s1. The number of amides is 2. The number of thioether (sulfide) groups is 1. The molecule has 0 spiro atoms. The highest BCUT2D eigenvalue weighted by Crippen LogP contribution is 2.37. The van der Waals surface area contributed by atoms with E-state index in [1.165, 1.54) is 0 Å². The summed E-state index contributed by atoms with van der Waals surface area (Å²) in [5, 5.41) is 3.51. The van der Waals surface area contributed by atoms with E-state index in [0.717, 1.165) is 17.0 Å². The Kier molecular flexibility index (Phi) is 5.93. The molecule has 0 bridgehead atoms. The summed E-state index contributed by atoms with van der Waals surface area (Å²) in [5.41, 5.74) is 6.09. The molecular weight excluding hydrogens is 322 g/mol. The van der Waals surface area contributed by atoms with Gasteiger partial charge in [-0.25, -0.2) is 0 Å². The summed E-state index contributed by atoms with van der Waals surface area (Å²) in [6, 6.07) is 7.43. The van der Waals surface area contributed by atoms with Crippen LogP contribution >= 0.6 is 11.8 Å². The van der Waals surface area contributed by atoms with Crippen LogP contribution in [0.5, 0.6) is 0 Å². The van der Waals surface area contributed by atoms with Gasteiger partial charge in [0.25, 0.3) is 0 Å².